The molecule has 0 aliphatic rings. The van der Waals surface area contributed by atoms with E-state index in [2.05, 4.69) is 5.32 Å². The van der Waals surface area contributed by atoms with Gasteiger partial charge in [-0.25, -0.2) is 0 Å². The monoisotopic (exact) mass is 279 g/mol. The number of rotatable bonds is 7. The molecular weight excluding hydrogens is 258 g/mol. The van der Waals surface area contributed by atoms with Gasteiger partial charge in [0.15, 0.2) is 0 Å². The molecule has 0 fully saturated rings. The average Bonchev–Trinajstić information content (AvgIpc) is 2.40. The highest BCUT2D eigenvalue weighted by atomic mass is 16.5. The molecule has 0 saturated heterocycles. The first-order valence-corrected chi connectivity index (χ1v) is 6.66. The molecule has 0 spiro atoms. The van der Waals surface area contributed by atoms with Crippen molar-refractivity contribution in [1.82, 2.24) is 5.32 Å². The highest BCUT2D eigenvalue weighted by Crippen LogP contribution is 2.22. The molecule has 0 aromatic heterocycles. The summed E-state index contributed by atoms with van der Waals surface area (Å²) in [6.07, 6.45) is 0.202. The number of amides is 1. The molecule has 0 bridgehead atoms. The zero-order valence-electron chi connectivity index (χ0n) is 12.2. The van der Waals surface area contributed by atoms with Gasteiger partial charge in [-0.3, -0.25) is 9.59 Å². The Hall–Kier alpha value is -2.04. The normalized spacial score (nSPS) is 9.95. The van der Waals surface area contributed by atoms with Crippen LogP contribution in [0.3, 0.4) is 0 Å². The van der Waals surface area contributed by atoms with Crippen LogP contribution in [0, 0.1) is 13.8 Å². The highest BCUT2D eigenvalue weighted by molar-refractivity contribution is 5.81. The van der Waals surface area contributed by atoms with Crippen LogP contribution < -0.4 is 10.1 Å². The Balaban J connectivity index is 2.30. The van der Waals surface area contributed by atoms with Crippen molar-refractivity contribution >= 4 is 11.9 Å². The Kier molecular flexibility index (Phi) is 6.56. The highest BCUT2D eigenvalue weighted by Gasteiger charge is 2.07. The van der Waals surface area contributed by atoms with E-state index in [9.17, 15) is 9.59 Å². The van der Waals surface area contributed by atoms with Crippen molar-refractivity contribution in [3.8, 4) is 5.75 Å². The van der Waals surface area contributed by atoms with Gasteiger partial charge in [0.05, 0.1) is 19.6 Å². The lowest BCUT2D eigenvalue weighted by atomic mass is 10.1. The third kappa shape index (κ3) is 5.30. The summed E-state index contributed by atoms with van der Waals surface area (Å²) in [5.41, 5.74) is 2.08. The lowest BCUT2D eigenvalue weighted by Crippen LogP contribution is -2.31. The number of hydrogen-bond donors (Lipinski definition) is 1. The van der Waals surface area contributed by atoms with E-state index < -0.39 is 5.97 Å². The van der Waals surface area contributed by atoms with Crippen LogP contribution in [-0.2, 0) is 14.3 Å². The third-order valence-electron chi connectivity index (χ3n) is 2.72. The Morgan fingerprint density at radius 1 is 1.20 bits per heavy atom. The lowest BCUT2D eigenvalue weighted by Gasteiger charge is -2.11. The maximum absolute atomic E-state index is 11.5. The van der Waals surface area contributed by atoms with Gasteiger partial charge in [0.1, 0.15) is 12.3 Å². The minimum absolute atomic E-state index is 0.101. The number of carbonyl (C=O) groups is 2. The van der Waals surface area contributed by atoms with Crippen LogP contribution in [0.25, 0.3) is 0 Å². The van der Waals surface area contributed by atoms with E-state index in [0.29, 0.717) is 6.61 Å². The Bertz CT molecular complexity index is 451. The standard InChI is InChI=1S/C15H21NO4/c1-4-19-14(18)10-16-13(17)8-9-20-15-11(2)6-5-7-12(15)3/h5-7H,4,8-10H2,1-3H3,(H,16,17). The summed E-state index contributed by atoms with van der Waals surface area (Å²) in [5.74, 6) is 0.145. The van der Waals surface area contributed by atoms with E-state index in [1.54, 1.807) is 6.92 Å². The molecule has 1 amide bonds. The number of esters is 1. The lowest BCUT2D eigenvalue weighted by molar-refractivity contribution is -0.143. The minimum Gasteiger partial charge on any atom is -0.493 e. The molecular formula is C15H21NO4. The summed E-state index contributed by atoms with van der Waals surface area (Å²) in [4.78, 5) is 22.6. The summed E-state index contributed by atoms with van der Waals surface area (Å²) < 4.78 is 10.3. The topological polar surface area (TPSA) is 64.6 Å². The second-order valence-corrected chi connectivity index (χ2v) is 4.40. The van der Waals surface area contributed by atoms with Gasteiger partial charge in [0.2, 0.25) is 5.91 Å². The largest absolute Gasteiger partial charge is 0.493 e. The number of hydrogen-bond acceptors (Lipinski definition) is 4. The van der Waals surface area contributed by atoms with E-state index in [-0.39, 0.29) is 25.5 Å². The first-order chi connectivity index (χ1) is 9.54. The predicted molar refractivity (Wildman–Crippen MR) is 75.7 cm³/mol. The van der Waals surface area contributed by atoms with Gasteiger partial charge in [0, 0.05) is 0 Å². The van der Waals surface area contributed by atoms with E-state index in [1.807, 2.05) is 32.0 Å². The number of para-hydroxylation sites is 1. The van der Waals surface area contributed by atoms with Gasteiger partial charge in [-0.15, -0.1) is 0 Å². The Morgan fingerprint density at radius 3 is 2.45 bits per heavy atom. The second-order valence-electron chi connectivity index (χ2n) is 4.40. The van der Waals surface area contributed by atoms with Crippen molar-refractivity contribution in [3.05, 3.63) is 29.3 Å². The first kappa shape index (κ1) is 16.0. The minimum atomic E-state index is -0.434. The fourth-order valence-electron chi connectivity index (χ4n) is 1.74. The summed E-state index contributed by atoms with van der Waals surface area (Å²) in [5, 5.41) is 2.49. The molecule has 5 nitrogen and oxygen atoms in total. The second kappa shape index (κ2) is 8.19. The molecule has 0 radical (unpaired) electrons. The zero-order valence-corrected chi connectivity index (χ0v) is 12.2. The van der Waals surface area contributed by atoms with Crippen molar-refractivity contribution in [1.29, 1.82) is 0 Å². The number of aryl methyl sites for hydroxylation is 2. The molecule has 1 rings (SSSR count). The van der Waals surface area contributed by atoms with E-state index >= 15 is 0 Å². The molecule has 0 atom stereocenters. The Labute approximate surface area is 119 Å². The van der Waals surface area contributed by atoms with Crippen molar-refractivity contribution in [3.63, 3.8) is 0 Å². The van der Waals surface area contributed by atoms with Crippen molar-refractivity contribution in [2.24, 2.45) is 0 Å². The van der Waals surface area contributed by atoms with Crippen LogP contribution in [0.5, 0.6) is 5.75 Å². The smallest absolute Gasteiger partial charge is 0.325 e. The van der Waals surface area contributed by atoms with Gasteiger partial charge < -0.3 is 14.8 Å². The van der Waals surface area contributed by atoms with Crippen LogP contribution in [-0.4, -0.2) is 31.6 Å². The fraction of sp³-hybridized carbons (Fsp3) is 0.467. The van der Waals surface area contributed by atoms with Crippen LogP contribution >= 0.6 is 0 Å². The van der Waals surface area contributed by atoms with Gasteiger partial charge in [-0.1, -0.05) is 18.2 Å². The van der Waals surface area contributed by atoms with Crippen molar-refractivity contribution in [2.75, 3.05) is 19.8 Å². The molecule has 5 heteroatoms. The SMILES string of the molecule is CCOC(=O)CNC(=O)CCOc1c(C)cccc1C. The molecule has 0 aliphatic heterocycles. The molecule has 20 heavy (non-hydrogen) atoms. The summed E-state index contributed by atoms with van der Waals surface area (Å²) in [7, 11) is 0. The summed E-state index contributed by atoms with van der Waals surface area (Å²) >= 11 is 0. The maximum atomic E-state index is 11.5. The summed E-state index contributed by atoms with van der Waals surface area (Å²) in [6.45, 7) is 6.13. The van der Waals surface area contributed by atoms with E-state index in [4.69, 9.17) is 9.47 Å². The number of ether oxygens (including phenoxy) is 2. The van der Waals surface area contributed by atoms with E-state index in [1.165, 1.54) is 0 Å². The third-order valence-corrected chi connectivity index (χ3v) is 2.72. The number of benzene rings is 1. The number of nitrogens with one attached hydrogen (secondary N) is 1. The average molecular weight is 279 g/mol. The zero-order chi connectivity index (χ0) is 15.0. The molecule has 110 valence electrons. The Morgan fingerprint density at radius 2 is 1.85 bits per heavy atom. The molecule has 1 aromatic carbocycles. The van der Waals surface area contributed by atoms with Crippen LogP contribution in [0.4, 0.5) is 0 Å². The summed E-state index contributed by atoms with van der Waals surface area (Å²) in [6, 6.07) is 5.88. The molecule has 0 unspecified atom stereocenters. The van der Waals surface area contributed by atoms with Crippen molar-refractivity contribution < 1.29 is 19.1 Å². The molecule has 1 N–H and O–H groups in total. The maximum Gasteiger partial charge on any atom is 0.325 e. The van der Waals surface area contributed by atoms with Crippen LogP contribution in [0.15, 0.2) is 18.2 Å². The van der Waals surface area contributed by atoms with Gasteiger partial charge in [0.25, 0.3) is 0 Å². The fourth-order valence-corrected chi connectivity index (χ4v) is 1.74. The van der Waals surface area contributed by atoms with Gasteiger partial charge in [-0.05, 0) is 31.9 Å². The quantitative estimate of drug-likeness (QED) is 0.772. The molecule has 0 aliphatic carbocycles. The number of carbonyl (C=O) groups excluding carboxylic acids is 2. The first-order valence-electron chi connectivity index (χ1n) is 6.66. The predicted octanol–water partition coefficient (Wildman–Crippen LogP) is 1.75. The van der Waals surface area contributed by atoms with Gasteiger partial charge in [-0.2, -0.15) is 0 Å². The van der Waals surface area contributed by atoms with Crippen LogP contribution in [0.2, 0.25) is 0 Å². The molecule has 0 saturated carbocycles. The van der Waals surface area contributed by atoms with Gasteiger partial charge >= 0.3 is 5.97 Å². The molecule has 1 aromatic rings. The van der Waals surface area contributed by atoms with Crippen LogP contribution in [0.1, 0.15) is 24.5 Å². The van der Waals surface area contributed by atoms with Crippen molar-refractivity contribution in [2.45, 2.75) is 27.2 Å². The molecule has 0 heterocycles. The van der Waals surface area contributed by atoms with E-state index in [0.717, 1.165) is 16.9 Å².